The second-order valence-corrected chi connectivity index (χ2v) is 9.22. The lowest BCUT2D eigenvalue weighted by atomic mass is 10.1. The Morgan fingerprint density at radius 1 is 1.11 bits per heavy atom. The second-order valence-electron chi connectivity index (χ2n) is 8.81. The maximum absolute atomic E-state index is 11.6. The molecule has 8 nitrogen and oxygen atoms in total. The number of hydrogen-bond acceptors (Lipinski definition) is 6. The minimum Gasteiger partial charge on any atom is -0.492 e. The molecule has 36 heavy (non-hydrogen) atoms. The fourth-order valence-corrected chi connectivity index (χ4v) is 4.19. The van der Waals surface area contributed by atoms with E-state index in [0.29, 0.717) is 34.4 Å². The van der Waals surface area contributed by atoms with Crippen molar-refractivity contribution in [2.24, 2.45) is 5.73 Å². The summed E-state index contributed by atoms with van der Waals surface area (Å²) in [5.74, 6) is 1.00. The number of imidazole rings is 1. The molecule has 2 aromatic heterocycles. The number of fused-ring (bicyclic) bond motifs is 1. The second kappa shape index (κ2) is 10.9. The molecule has 0 radical (unpaired) electrons. The van der Waals surface area contributed by atoms with E-state index in [9.17, 15) is 4.79 Å². The molecule has 0 aliphatic carbocycles. The van der Waals surface area contributed by atoms with Gasteiger partial charge < -0.3 is 25.4 Å². The van der Waals surface area contributed by atoms with Gasteiger partial charge in [0.2, 0.25) is 0 Å². The van der Waals surface area contributed by atoms with E-state index >= 15 is 0 Å². The fraction of sp³-hybridized carbons (Fsp3) is 0.259. The number of para-hydroxylation sites is 1. The van der Waals surface area contributed by atoms with Gasteiger partial charge in [0.25, 0.3) is 5.91 Å². The highest BCUT2D eigenvalue weighted by Gasteiger charge is 2.23. The zero-order chi connectivity index (χ0) is 25.8. The smallest absolute Gasteiger partial charge is 0.255 e. The minimum atomic E-state index is -0.597. The van der Waals surface area contributed by atoms with Gasteiger partial charge >= 0.3 is 0 Å². The van der Waals surface area contributed by atoms with Gasteiger partial charge in [-0.15, -0.1) is 0 Å². The average molecular weight is 508 g/mol. The van der Waals surface area contributed by atoms with Crippen LogP contribution in [0.15, 0.2) is 54.7 Å². The summed E-state index contributed by atoms with van der Waals surface area (Å²) in [7, 11) is 3.93. The Morgan fingerprint density at radius 2 is 1.86 bits per heavy atom. The van der Waals surface area contributed by atoms with Crippen LogP contribution in [0.4, 0.5) is 11.5 Å². The standard InChI is InChI=1S/C27H30ClN5O3/c1-17-8-7-9-18(2)25(17)31-27-26(30-23-10-5-6-11-33(23)27)24-20(28)14-19(35-13-12-32(3)4)15-21(24)36-16-22(29)34/h5-11,14-15,31H,12-13,16H2,1-4H3,(H2,29,34). The highest BCUT2D eigenvalue weighted by atomic mass is 35.5. The highest BCUT2D eigenvalue weighted by molar-refractivity contribution is 6.34. The Balaban J connectivity index is 1.86. The molecule has 4 aromatic rings. The van der Waals surface area contributed by atoms with Crippen LogP contribution in [0.25, 0.3) is 16.9 Å². The summed E-state index contributed by atoms with van der Waals surface area (Å²) in [4.78, 5) is 18.4. The van der Waals surface area contributed by atoms with Crippen LogP contribution in [-0.2, 0) is 4.79 Å². The quantitative estimate of drug-likeness (QED) is 0.319. The van der Waals surface area contributed by atoms with Gasteiger partial charge in [0, 0.05) is 24.5 Å². The first-order valence-electron chi connectivity index (χ1n) is 11.6. The molecule has 0 atom stereocenters. The molecule has 0 spiro atoms. The number of amides is 1. The molecular formula is C27H30ClN5O3. The van der Waals surface area contributed by atoms with E-state index in [1.807, 2.05) is 79.8 Å². The maximum atomic E-state index is 11.6. The van der Waals surface area contributed by atoms with Crippen molar-refractivity contribution in [1.82, 2.24) is 14.3 Å². The molecule has 3 N–H and O–H groups in total. The molecule has 0 saturated carbocycles. The number of hydrogen-bond donors (Lipinski definition) is 2. The third-order valence-electron chi connectivity index (χ3n) is 5.70. The van der Waals surface area contributed by atoms with Crippen LogP contribution in [0.5, 0.6) is 11.5 Å². The lowest BCUT2D eigenvalue weighted by molar-refractivity contribution is -0.119. The zero-order valence-electron chi connectivity index (χ0n) is 20.8. The number of nitrogens with one attached hydrogen (secondary N) is 1. The highest BCUT2D eigenvalue weighted by Crippen LogP contribution is 2.44. The third kappa shape index (κ3) is 5.56. The van der Waals surface area contributed by atoms with E-state index in [-0.39, 0.29) is 6.61 Å². The van der Waals surface area contributed by atoms with Crippen molar-refractivity contribution in [3.8, 4) is 22.8 Å². The number of primary amides is 1. The topological polar surface area (TPSA) is 94.1 Å². The van der Waals surface area contributed by atoms with Gasteiger partial charge in [-0.25, -0.2) is 4.98 Å². The molecular weight excluding hydrogens is 478 g/mol. The van der Waals surface area contributed by atoms with Crippen molar-refractivity contribution < 1.29 is 14.3 Å². The minimum absolute atomic E-state index is 0.308. The molecule has 4 rings (SSSR count). The van der Waals surface area contributed by atoms with Crippen LogP contribution in [0.2, 0.25) is 5.02 Å². The first-order valence-corrected chi connectivity index (χ1v) is 11.9. The molecule has 188 valence electrons. The maximum Gasteiger partial charge on any atom is 0.255 e. The first-order chi connectivity index (χ1) is 17.2. The fourth-order valence-electron chi connectivity index (χ4n) is 3.90. The van der Waals surface area contributed by atoms with Gasteiger partial charge in [0.15, 0.2) is 6.61 Å². The van der Waals surface area contributed by atoms with E-state index in [2.05, 4.69) is 5.32 Å². The predicted octanol–water partition coefficient (Wildman–Crippen LogP) is 4.82. The molecule has 0 saturated heterocycles. The van der Waals surface area contributed by atoms with Gasteiger partial charge in [0.05, 0.1) is 10.6 Å². The number of nitrogens with two attached hydrogens (primary N) is 1. The molecule has 9 heteroatoms. The molecule has 2 heterocycles. The molecule has 0 bridgehead atoms. The Morgan fingerprint density at radius 3 is 2.56 bits per heavy atom. The number of ether oxygens (including phenoxy) is 2. The molecule has 0 unspecified atom stereocenters. The van der Waals surface area contributed by atoms with Crippen molar-refractivity contribution >= 4 is 34.7 Å². The lowest BCUT2D eigenvalue weighted by Crippen LogP contribution is -2.20. The molecule has 1 amide bonds. The summed E-state index contributed by atoms with van der Waals surface area (Å²) in [5, 5.41) is 3.95. The summed E-state index contributed by atoms with van der Waals surface area (Å²) < 4.78 is 13.7. The van der Waals surface area contributed by atoms with E-state index in [1.165, 1.54) is 0 Å². The molecule has 0 aliphatic rings. The van der Waals surface area contributed by atoms with Crippen molar-refractivity contribution in [1.29, 1.82) is 0 Å². The number of rotatable bonds is 10. The van der Waals surface area contributed by atoms with Crippen LogP contribution in [0.1, 0.15) is 11.1 Å². The number of anilines is 2. The first kappa shape index (κ1) is 25.3. The van der Waals surface area contributed by atoms with Crippen molar-refractivity contribution in [3.63, 3.8) is 0 Å². The van der Waals surface area contributed by atoms with Crippen LogP contribution >= 0.6 is 11.6 Å². The van der Waals surface area contributed by atoms with E-state index in [4.69, 9.17) is 31.8 Å². The summed E-state index contributed by atoms with van der Waals surface area (Å²) in [6, 6.07) is 15.3. The zero-order valence-corrected chi connectivity index (χ0v) is 21.6. The Hall–Kier alpha value is -3.75. The summed E-state index contributed by atoms with van der Waals surface area (Å²) in [5.41, 5.74) is 10.4. The van der Waals surface area contributed by atoms with E-state index in [1.54, 1.807) is 12.1 Å². The Kier molecular flexibility index (Phi) is 7.67. The number of aryl methyl sites for hydroxylation is 2. The van der Waals surface area contributed by atoms with Crippen molar-refractivity contribution in [3.05, 3.63) is 70.9 Å². The number of carbonyl (C=O) groups excluding carboxylic acids is 1. The van der Waals surface area contributed by atoms with Gasteiger partial charge in [-0.1, -0.05) is 35.9 Å². The van der Waals surface area contributed by atoms with Gasteiger partial charge in [-0.05, 0) is 57.3 Å². The average Bonchev–Trinajstić information content (AvgIpc) is 3.17. The predicted molar refractivity (Wildman–Crippen MR) is 144 cm³/mol. The van der Waals surface area contributed by atoms with Crippen LogP contribution in [0, 0.1) is 13.8 Å². The van der Waals surface area contributed by atoms with Crippen molar-refractivity contribution in [2.75, 3.05) is 39.2 Å². The van der Waals surface area contributed by atoms with E-state index in [0.717, 1.165) is 34.8 Å². The van der Waals surface area contributed by atoms with Crippen LogP contribution in [-0.4, -0.2) is 54.0 Å². The molecule has 2 aromatic carbocycles. The van der Waals surface area contributed by atoms with Gasteiger partial charge in [-0.2, -0.15) is 0 Å². The summed E-state index contributed by atoms with van der Waals surface area (Å²) in [6.07, 6.45) is 1.93. The Labute approximate surface area is 215 Å². The number of halogens is 1. The van der Waals surface area contributed by atoms with Crippen LogP contribution < -0.4 is 20.5 Å². The monoisotopic (exact) mass is 507 g/mol. The summed E-state index contributed by atoms with van der Waals surface area (Å²) >= 11 is 6.83. The van der Waals surface area contributed by atoms with Crippen LogP contribution in [0.3, 0.4) is 0 Å². The van der Waals surface area contributed by atoms with Gasteiger partial charge in [0.1, 0.15) is 35.3 Å². The normalized spacial score (nSPS) is 11.2. The number of likely N-dealkylation sites (N-methyl/N-ethyl adjacent to an activating group) is 1. The van der Waals surface area contributed by atoms with E-state index < -0.39 is 5.91 Å². The summed E-state index contributed by atoms with van der Waals surface area (Å²) in [6.45, 7) is 4.98. The third-order valence-corrected chi connectivity index (χ3v) is 5.99. The SMILES string of the molecule is Cc1cccc(C)c1Nc1c(-c2c(Cl)cc(OCCN(C)C)cc2OCC(N)=O)nc2ccccn12. The van der Waals surface area contributed by atoms with Gasteiger partial charge in [-0.3, -0.25) is 9.20 Å². The van der Waals surface area contributed by atoms with Crippen molar-refractivity contribution in [2.45, 2.75) is 13.8 Å². The number of aromatic nitrogens is 2. The number of nitrogens with zero attached hydrogens (tertiary/aromatic N) is 3. The largest absolute Gasteiger partial charge is 0.492 e. The lowest BCUT2D eigenvalue weighted by Gasteiger charge is -2.17. The number of benzene rings is 2. The number of pyridine rings is 1. The molecule has 0 aliphatic heterocycles. The molecule has 0 fully saturated rings. The Bertz CT molecular complexity index is 1380. The number of carbonyl (C=O) groups is 1.